The molecule has 0 spiro atoms. The summed E-state index contributed by atoms with van der Waals surface area (Å²) in [6.07, 6.45) is 13.7. The molecular formula is C34H45N5OS. The molecule has 0 aliphatic rings. The van der Waals surface area contributed by atoms with Gasteiger partial charge in [0.2, 0.25) is 0 Å². The molecule has 0 saturated heterocycles. The van der Waals surface area contributed by atoms with E-state index in [1.807, 2.05) is 51.0 Å². The lowest BCUT2D eigenvalue weighted by Crippen LogP contribution is -2.28. The van der Waals surface area contributed by atoms with Gasteiger partial charge in [-0.05, 0) is 80.2 Å². The summed E-state index contributed by atoms with van der Waals surface area (Å²) in [6.45, 7) is 18.8. The Morgan fingerprint density at radius 3 is 2.44 bits per heavy atom. The van der Waals surface area contributed by atoms with Gasteiger partial charge in [0.05, 0.1) is 28.5 Å². The van der Waals surface area contributed by atoms with Crippen molar-refractivity contribution >= 4 is 29.3 Å². The average Bonchev–Trinajstić information content (AvgIpc) is 3.35. The van der Waals surface area contributed by atoms with Gasteiger partial charge < -0.3 is 5.32 Å². The number of carbonyl (C=O) groups is 1. The molecular weight excluding hydrogens is 526 g/mol. The number of allylic oxidation sites excluding steroid dienone is 4. The Morgan fingerprint density at radius 1 is 1.15 bits per heavy atom. The molecule has 1 N–H and O–H groups in total. The largest absolute Gasteiger partial charge is 0.345 e. The van der Waals surface area contributed by atoms with Gasteiger partial charge in [-0.3, -0.25) is 9.48 Å². The maximum atomic E-state index is 13.2. The van der Waals surface area contributed by atoms with Crippen LogP contribution in [0, 0.1) is 19.3 Å². The molecule has 1 unspecified atom stereocenters. The van der Waals surface area contributed by atoms with Gasteiger partial charge in [-0.15, -0.1) is 0 Å². The molecule has 3 rings (SSSR count). The zero-order valence-electron chi connectivity index (χ0n) is 26.3. The third kappa shape index (κ3) is 8.07. The highest BCUT2D eigenvalue weighted by Gasteiger charge is 2.22. The van der Waals surface area contributed by atoms with E-state index in [1.165, 1.54) is 10.5 Å². The van der Waals surface area contributed by atoms with Crippen molar-refractivity contribution in [2.75, 3.05) is 0 Å². The molecule has 6 nitrogen and oxygen atoms in total. The number of rotatable bonds is 10. The molecule has 218 valence electrons. The van der Waals surface area contributed by atoms with Gasteiger partial charge in [-0.1, -0.05) is 70.2 Å². The molecule has 0 bridgehead atoms. The summed E-state index contributed by atoms with van der Waals surface area (Å²) in [5.74, 6) is -0.0587. The minimum atomic E-state index is -0.142. The van der Waals surface area contributed by atoms with E-state index < -0.39 is 0 Å². The summed E-state index contributed by atoms with van der Waals surface area (Å²) < 4.78 is 1.83. The molecule has 0 saturated carbocycles. The first-order chi connectivity index (χ1) is 19.4. The maximum Gasteiger partial charge on any atom is 0.258 e. The number of benzene rings is 1. The van der Waals surface area contributed by atoms with E-state index in [-0.39, 0.29) is 17.4 Å². The van der Waals surface area contributed by atoms with Gasteiger partial charge in [-0.2, -0.15) is 5.10 Å². The topological polar surface area (TPSA) is 72.7 Å². The standard InChI is InChI=1S/C34H45N5OS/c1-11-14-25(27-19-37-39(10)20-27)18-29-23(5)32(36-21-35-29)26-15-16-28(22(4)17-26)24(6)38-33(40)30(12-2)41-31(13-3)34(7,8)9/h12-13,15-21,24H,11,14H2,1-10H3,(H,38,40)/b25-18+,30-12-,31-13+. The van der Waals surface area contributed by atoms with Crippen LogP contribution < -0.4 is 5.32 Å². The van der Waals surface area contributed by atoms with Crippen LogP contribution in [-0.2, 0) is 11.8 Å². The van der Waals surface area contributed by atoms with Crippen molar-refractivity contribution < 1.29 is 4.79 Å². The van der Waals surface area contributed by atoms with Crippen molar-refractivity contribution in [3.63, 3.8) is 0 Å². The number of amides is 1. The third-order valence-electron chi connectivity index (χ3n) is 7.09. The molecule has 0 fully saturated rings. The number of aromatic nitrogens is 4. The van der Waals surface area contributed by atoms with Gasteiger partial charge in [0.25, 0.3) is 5.91 Å². The number of carbonyl (C=O) groups excluding carboxylic acids is 1. The Morgan fingerprint density at radius 2 is 1.88 bits per heavy atom. The van der Waals surface area contributed by atoms with Crippen molar-refractivity contribution in [3.8, 4) is 11.3 Å². The van der Waals surface area contributed by atoms with E-state index in [2.05, 4.69) is 92.3 Å². The van der Waals surface area contributed by atoms with Crippen molar-refractivity contribution in [2.24, 2.45) is 12.5 Å². The fraction of sp³-hybridized carbons (Fsp3) is 0.412. The molecule has 0 radical (unpaired) electrons. The molecule has 0 aliphatic carbocycles. The van der Waals surface area contributed by atoms with E-state index >= 15 is 0 Å². The lowest BCUT2D eigenvalue weighted by Gasteiger charge is -2.24. The summed E-state index contributed by atoms with van der Waals surface area (Å²) in [6, 6.07) is 6.19. The number of thioether (sulfide) groups is 1. The zero-order chi connectivity index (χ0) is 30.3. The summed E-state index contributed by atoms with van der Waals surface area (Å²) in [5, 5.41) is 7.55. The Bertz CT molecular complexity index is 1470. The van der Waals surface area contributed by atoms with Crippen LogP contribution in [0.5, 0.6) is 0 Å². The van der Waals surface area contributed by atoms with Gasteiger partial charge in [0.1, 0.15) is 6.33 Å². The second-order valence-electron chi connectivity index (χ2n) is 11.5. The van der Waals surface area contributed by atoms with Crippen LogP contribution in [0.4, 0.5) is 0 Å². The molecule has 2 heterocycles. The molecule has 7 heteroatoms. The van der Waals surface area contributed by atoms with Crippen LogP contribution in [0.2, 0.25) is 0 Å². The summed E-state index contributed by atoms with van der Waals surface area (Å²) in [7, 11) is 1.93. The van der Waals surface area contributed by atoms with E-state index in [9.17, 15) is 4.79 Å². The molecule has 2 aromatic heterocycles. The molecule has 1 atom stereocenters. The summed E-state index contributed by atoms with van der Waals surface area (Å²) in [5.41, 5.74) is 8.39. The van der Waals surface area contributed by atoms with E-state index in [0.29, 0.717) is 4.91 Å². The van der Waals surface area contributed by atoms with Crippen LogP contribution in [0.1, 0.15) is 95.3 Å². The molecule has 0 aliphatic heterocycles. The number of hydrogen-bond acceptors (Lipinski definition) is 5. The number of nitrogens with one attached hydrogen (secondary N) is 1. The average molecular weight is 572 g/mol. The molecule has 1 aromatic carbocycles. The highest BCUT2D eigenvalue weighted by molar-refractivity contribution is 8.07. The fourth-order valence-corrected chi connectivity index (χ4v) is 5.81. The first-order valence-corrected chi connectivity index (χ1v) is 15.1. The highest BCUT2D eigenvalue weighted by atomic mass is 32.2. The Hall–Kier alpha value is -3.45. The first kappa shape index (κ1) is 32.1. The number of aryl methyl sites for hydroxylation is 2. The highest BCUT2D eigenvalue weighted by Crippen LogP contribution is 2.39. The van der Waals surface area contributed by atoms with Crippen LogP contribution in [-0.4, -0.2) is 25.7 Å². The van der Waals surface area contributed by atoms with Crippen LogP contribution in [0.15, 0.2) is 58.9 Å². The van der Waals surface area contributed by atoms with Crippen molar-refractivity contribution in [3.05, 3.63) is 86.8 Å². The molecule has 1 amide bonds. The second kappa shape index (κ2) is 13.9. The minimum absolute atomic E-state index is 0.0168. The van der Waals surface area contributed by atoms with Crippen LogP contribution in [0.3, 0.4) is 0 Å². The number of hydrogen-bond donors (Lipinski definition) is 1. The van der Waals surface area contributed by atoms with Gasteiger partial charge in [-0.25, -0.2) is 9.97 Å². The number of nitrogens with zero attached hydrogens (tertiary/aromatic N) is 4. The predicted molar refractivity (Wildman–Crippen MR) is 174 cm³/mol. The Labute approximate surface area is 250 Å². The van der Waals surface area contributed by atoms with Gasteiger partial charge >= 0.3 is 0 Å². The van der Waals surface area contributed by atoms with E-state index in [0.717, 1.165) is 52.0 Å². The van der Waals surface area contributed by atoms with Gasteiger partial charge in [0.15, 0.2) is 0 Å². The zero-order valence-corrected chi connectivity index (χ0v) is 27.1. The lowest BCUT2D eigenvalue weighted by molar-refractivity contribution is -0.117. The molecule has 3 aromatic rings. The lowest BCUT2D eigenvalue weighted by atomic mass is 9.96. The van der Waals surface area contributed by atoms with Crippen LogP contribution >= 0.6 is 11.8 Å². The smallest absolute Gasteiger partial charge is 0.258 e. The SMILES string of the molecule is C/C=C(\S/C(=C/C)C(C)(C)C)C(=O)NC(C)c1ccc(-c2ncnc(/C=C(\CCC)c3cnn(C)c3)c2C)cc1C. The third-order valence-corrected chi connectivity index (χ3v) is 8.80. The normalized spacial score (nSPS) is 13.9. The summed E-state index contributed by atoms with van der Waals surface area (Å²) in [4.78, 5) is 24.3. The predicted octanol–water partition coefficient (Wildman–Crippen LogP) is 8.60. The summed E-state index contributed by atoms with van der Waals surface area (Å²) >= 11 is 1.54. The monoisotopic (exact) mass is 571 g/mol. The maximum absolute atomic E-state index is 13.2. The second-order valence-corrected chi connectivity index (χ2v) is 12.6. The fourth-order valence-electron chi connectivity index (χ4n) is 4.88. The first-order valence-electron chi connectivity index (χ1n) is 14.3. The molecule has 41 heavy (non-hydrogen) atoms. The van der Waals surface area contributed by atoms with Crippen molar-refractivity contribution in [1.82, 2.24) is 25.1 Å². The Kier molecular flexibility index (Phi) is 10.9. The van der Waals surface area contributed by atoms with Crippen LogP contribution in [0.25, 0.3) is 22.9 Å². The Balaban J connectivity index is 1.85. The van der Waals surface area contributed by atoms with E-state index in [1.54, 1.807) is 18.1 Å². The van der Waals surface area contributed by atoms with E-state index in [4.69, 9.17) is 0 Å². The van der Waals surface area contributed by atoms with Gasteiger partial charge in [0, 0.05) is 29.9 Å². The van der Waals surface area contributed by atoms with Crippen molar-refractivity contribution in [2.45, 2.75) is 81.2 Å². The quantitative estimate of drug-likeness (QED) is 0.247. The minimum Gasteiger partial charge on any atom is -0.345 e. The van der Waals surface area contributed by atoms with Crippen molar-refractivity contribution in [1.29, 1.82) is 0 Å².